The van der Waals surface area contributed by atoms with Gasteiger partial charge in [-0.05, 0) is 56.4 Å². The first-order chi connectivity index (χ1) is 16.2. The van der Waals surface area contributed by atoms with E-state index >= 15 is 0 Å². The predicted octanol–water partition coefficient (Wildman–Crippen LogP) is 5.17. The molecule has 1 aromatic heterocycles. The predicted molar refractivity (Wildman–Crippen MR) is 139 cm³/mol. The van der Waals surface area contributed by atoms with Gasteiger partial charge in [0.1, 0.15) is 0 Å². The maximum Gasteiger partial charge on any atom is 0.262 e. The van der Waals surface area contributed by atoms with Crippen molar-refractivity contribution in [2.45, 2.75) is 59.2 Å². The first-order valence-corrected chi connectivity index (χ1v) is 12.8. The van der Waals surface area contributed by atoms with Crippen LogP contribution in [0.4, 0.5) is 0 Å². The van der Waals surface area contributed by atoms with Crippen LogP contribution < -0.4 is 10.9 Å². The summed E-state index contributed by atoms with van der Waals surface area (Å²) in [6.07, 6.45) is 1.66. The van der Waals surface area contributed by atoms with Gasteiger partial charge in [-0.1, -0.05) is 56.3 Å². The van der Waals surface area contributed by atoms with Gasteiger partial charge in [0, 0.05) is 24.2 Å². The molecule has 6 nitrogen and oxygen atoms in total. The maximum atomic E-state index is 13.3. The first kappa shape index (κ1) is 25.7. The summed E-state index contributed by atoms with van der Waals surface area (Å²) >= 11 is 1.27. The number of thioether (sulfide) groups is 1. The minimum absolute atomic E-state index is 0.0000467. The molecule has 0 aliphatic carbocycles. The van der Waals surface area contributed by atoms with Crippen LogP contribution in [0, 0.1) is 19.8 Å². The molecule has 3 rings (SSSR count). The minimum atomic E-state index is -0.186. The molecule has 0 fully saturated rings. The highest BCUT2D eigenvalue weighted by atomic mass is 32.2. The van der Waals surface area contributed by atoms with Gasteiger partial charge in [-0.3, -0.25) is 19.0 Å². The van der Waals surface area contributed by atoms with E-state index in [0.717, 1.165) is 24.0 Å². The number of rotatable bonds is 10. The Labute approximate surface area is 205 Å². The van der Waals surface area contributed by atoms with Gasteiger partial charge in [0.05, 0.1) is 16.7 Å². The number of aryl methyl sites for hydroxylation is 2. The fourth-order valence-electron chi connectivity index (χ4n) is 3.71. The van der Waals surface area contributed by atoms with E-state index in [1.807, 2.05) is 39.0 Å². The van der Waals surface area contributed by atoms with E-state index in [1.165, 1.54) is 11.8 Å². The molecule has 0 aliphatic rings. The average Bonchev–Trinajstić information content (AvgIpc) is 2.80. The lowest BCUT2D eigenvalue weighted by molar-refractivity contribution is 0.0952. The molecule has 34 heavy (non-hydrogen) atoms. The zero-order valence-electron chi connectivity index (χ0n) is 20.6. The van der Waals surface area contributed by atoms with Crippen LogP contribution in [0.5, 0.6) is 0 Å². The summed E-state index contributed by atoms with van der Waals surface area (Å²) in [5.41, 5.74) is 3.53. The van der Waals surface area contributed by atoms with Gasteiger partial charge in [-0.25, -0.2) is 4.98 Å². The van der Waals surface area contributed by atoms with Gasteiger partial charge < -0.3 is 5.32 Å². The third kappa shape index (κ3) is 6.14. The quantitative estimate of drug-likeness (QED) is 0.246. The molecular weight excluding hydrogens is 446 g/mol. The molecular formula is C27H33N3O3S. The maximum absolute atomic E-state index is 13.3. The summed E-state index contributed by atoms with van der Waals surface area (Å²) in [4.78, 5) is 43.4. The van der Waals surface area contributed by atoms with Crippen molar-refractivity contribution in [3.8, 4) is 0 Å². The van der Waals surface area contributed by atoms with Crippen LogP contribution in [-0.4, -0.2) is 33.5 Å². The van der Waals surface area contributed by atoms with E-state index in [9.17, 15) is 14.4 Å². The normalized spacial score (nSPS) is 11.2. The van der Waals surface area contributed by atoms with Gasteiger partial charge in [0.2, 0.25) is 0 Å². The number of nitrogens with one attached hydrogen (secondary N) is 1. The lowest BCUT2D eigenvalue weighted by Crippen LogP contribution is -2.26. The second-order valence-corrected chi connectivity index (χ2v) is 9.99. The number of carbonyl (C=O) groups is 2. The van der Waals surface area contributed by atoms with Crippen LogP contribution in [0.2, 0.25) is 0 Å². The summed E-state index contributed by atoms with van der Waals surface area (Å²) in [5.74, 6) is 0.413. The van der Waals surface area contributed by atoms with Crippen LogP contribution in [0.1, 0.15) is 65.5 Å². The van der Waals surface area contributed by atoms with E-state index < -0.39 is 0 Å². The van der Waals surface area contributed by atoms with Gasteiger partial charge >= 0.3 is 0 Å². The average molecular weight is 480 g/mol. The Bertz CT molecular complexity index is 1260. The molecule has 0 spiro atoms. The molecule has 2 aromatic carbocycles. The fraction of sp³-hybridized carbons (Fsp3) is 0.407. The molecule has 0 radical (unpaired) electrons. The lowest BCUT2D eigenvalue weighted by Gasteiger charge is -2.15. The Kier molecular flexibility index (Phi) is 8.67. The highest BCUT2D eigenvalue weighted by Gasteiger charge is 2.17. The van der Waals surface area contributed by atoms with Crippen molar-refractivity contribution in [3.63, 3.8) is 0 Å². The Hall–Kier alpha value is -2.93. The van der Waals surface area contributed by atoms with Gasteiger partial charge in [-0.2, -0.15) is 0 Å². The van der Waals surface area contributed by atoms with Gasteiger partial charge in [0.15, 0.2) is 10.9 Å². The molecule has 1 N–H and O–H groups in total. The molecule has 180 valence electrons. The number of nitrogens with zero attached hydrogens (tertiary/aromatic N) is 2. The zero-order valence-corrected chi connectivity index (χ0v) is 21.4. The zero-order chi connectivity index (χ0) is 24.8. The number of ketones is 1. The van der Waals surface area contributed by atoms with E-state index in [0.29, 0.717) is 46.2 Å². The second kappa shape index (κ2) is 11.5. The van der Waals surface area contributed by atoms with Crippen molar-refractivity contribution >= 4 is 34.4 Å². The largest absolute Gasteiger partial charge is 0.352 e. The van der Waals surface area contributed by atoms with Crippen LogP contribution in [-0.2, 0) is 6.54 Å². The fourth-order valence-corrected chi connectivity index (χ4v) is 4.62. The van der Waals surface area contributed by atoms with Crippen LogP contribution in [0.25, 0.3) is 10.9 Å². The summed E-state index contributed by atoms with van der Waals surface area (Å²) in [6.45, 7) is 11.3. The number of fused-ring (bicyclic) bond motifs is 1. The van der Waals surface area contributed by atoms with Crippen LogP contribution >= 0.6 is 11.8 Å². The highest BCUT2D eigenvalue weighted by Crippen LogP contribution is 2.22. The number of amides is 1. The number of benzene rings is 2. The molecule has 0 unspecified atom stereocenters. The van der Waals surface area contributed by atoms with Crippen molar-refractivity contribution in [2.75, 3.05) is 12.3 Å². The van der Waals surface area contributed by atoms with E-state index in [4.69, 9.17) is 4.98 Å². The molecule has 1 heterocycles. The lowest BCUT2D eigenvalue weighted by atomic mass is 10.0. The molecule has 0 saturated heterocycles. The van der Waals surface area contributed by atoms with E-state index in [-0.39, 0.29) is 23.0 Å². The molecule has 1 amide bonds. The Morgan fingerprint density at radius 3 is 2.56 bits per heavy atom. The molecule has 3 aromatic rings. The molecule has 0 saturated carbocycles. The van der Waals surface area contributed by atoms with Crippen molar-refractivity contribution in [3.05, 3.63) is 69.0 Å². The third-order valence-corrected chi connectivity index (χ3v) is 6.64. The standard InChI is InChI=1S/C27H33N3O3S/c1-6-12-28-25(32)20-8-10-22-23(15-20)29-27(30(26(22)33)13-11-17(2)3)34-16-24(31)21-9-7-18(4)14-19(21)5/h7-10,14-15,17H,6,11-13,16H2,1-5H3,(H,28,32). The monoisotopic (exact) mass is 479 g/mol. The van der Waals surface area contributed by atoms with Crippen molar-refractivity contribution < 1.29 is 9.59 Å². The van der Waals surface area contributed by atoms with Gasteiger partial charge in [-0.15, -0.1) is 0 Å². The smallest absolute Gasteiger partial charge is 0.262 e. The number of hydrogen-bond donors (Lipinski definition) is 1. The molecule has 0 bridgehead atoms. The highest BCUT2D eigenvalue weighted by molar-refractivity contribution is 7.99. The Morgan fingerprint density at radius 1 is 1.12 bits per heavy atom. The van der Waals surface area contributed by atoms with E-state index in [2.05, 4.69) is 19.2 Å². The second-order valence-electron chi connectivity index (χ2n) is 9.05. The summed E-state index contributed by atoms with van der Waals surface area (Å²) < 4.78 is 1.67. The van der Waals surface area contributed by atoms with Crippen LogP contribution in [0.15, 0.2) is 46.3 Å². The summed E-state index contributed by atoms with van der Waals surface area (Å²) in [5, 5.41) is 3.83. The van der Waals surface area contributed by atoms with Gasteiger partial charge in [0.25, 0.3) is 11.5 Å². The first-order valence-electron chi connectivity index (χ1n) is 11.8. The van der Waals surface area contributed by atoms with Crippen molar-refractivity contribution in [2.24, 2.45) is 5.92 Å². The number of hydrogen-bond acceptors (Lipinski definition) is 5. The summed E-state index contributed by atoms with van der Waals surface area (Å²) in [6, 6.07) is 10.8. The topological polar surface area (TPSA) is 81.1 Å². The molecule has 0 atom stereocenters. The SMILES string of the molecule is CCCNC(=O)c1ccc2c(=O)n(CCC(C)C)c(SCC(=O)c3ccc(C)cc3C)nc2c1. The summed E-state index contributed by atoms with van der Waals surface area (Å²) in [7, 11) is 0. The number of aromatic nitrogens is 2. The number of carbonyl (C=O) groups excluding carboxylic acids is 2. The minimum Gasteiger partial charge on any atom is -0.352 e. The van der Waals surface area contributed by atoms with Crippen molar-refractivity contribution in [1.29, 1.82) is 0 Å². The van der Waals surface area contributed by atoms with E-state index in [1.54, 1.807) is 22.8 Å². The Morgan fingerprint density at radius 2 is 1.88 bits per heavy atom. The third-order valence-electron chi connectivity index (χ3n) is 5.66. The molecule has 7 heteroatoms. The molecule has 0 aliphatic heterocycles. The van der Waals surface area contributed by atoms with Crippen LogP contribution in [0.3, 0.4) is 0 Å². The van der Waals surface area contributed by atoms with Crippen molar-refractivity contribution in [1.82, 2.24) is 14.9 Å². The Balaban J connectivity index is 1.96. The number of Topliss-reactive ketones (excluding diaryl/α,β-unsaturated/α-hetero) is 1.